The van der Waals surface area contributed by atoms with Crippen molar-refractivity contribution in [2.45, 2.75) is 234 Å². The number of aliphatic hydroxyl groups is 6. The summed E-state index contributed by atoms with van der Waals surface area (Å²) in [5, 5.41) is 105. The second-order valence-electron chi connectivity index (χ2n) is 24.2. The van der Waals surface area contributed by atoms with Crippen molar-refractivity contribution in [2.75, 3.05) is 39.6 Å². The van der Waals surface area contributed by atoms with E-state index in [1.807, 2.05) is 0 Å². The molecule has 4 saturated heterocycles. The van der Waals surface area contributed by atoms with Crippen LogP contribution in [0.3, 0.4) is 0 Å². The van der Waals surface area contributed by atoms with Crippen molar-refractivity contribution in [1.82, 2.24) is 42.5 Å². The first-order chi connectivity index (χ1) is 46.7. The van der Waals surface area contributed by atoms with Crippen molar-refractivity contribution in [3.63, 3.8) is 0 Å². The SMILES string of the molecule is CC(=O)N[C@H]1[C@H](O[C@H]2[C@H](OC(C)C(=O)N[C@@H](C)C(=O)N[C@H](CCC(=O)O)C(N)=O)[C@@H](NC(C)=O)[C@H](O[C@H]3[C@H](Oc4ccccc4)[C@@H](NC(C)=O)[C@H](O[C@H]4[C@H](OC(C)C(=O)N[C@@H](C)CN[C@H](CCC(=O)O)C(N)=O)[C@@H](NC(C)=O)CO[C@@H]4CO)O[C@@H]3CO)O[C@@H]2CO)O[C@H](CO)[C@@H](O)[C@@H]1O. The molecule has 2 unspecified atom stereocenters. The van der Waals surface area contributed by atoms with Crippen LogP contribution in [0.1, 0.15) is 81.1 Å². The summed E-state index contributed by atoms with van der Waals surface area (Å²) in [6, 6.07) is -3.28. The van der Waals surface area contributed by atoms with Gasteiger partial charge in [-0.05, 0) is 52.7 Å². The van der Waals surface area contributed by atoms with Gasteiger partial charge in [0.2, 0.25) is 53.2 Å². The van der Waals surface area contributed by atoms with Gasteiger partial charge >= 0.3 is 11.9 Å². The fourth-order valence-corrected chi connectivity index (χ4v) is 11.4. The molecule has 20 N–H and O–H groups in total. The number of ether oxygens (including phenoxy) is 10. The summed E-state index contributed by atoms with van der Waals surface area (Å²) < 4.78 is 64.3. The molecular formula is C60H94N10O29. The number of aliphatic hydroxyl groups excluding tert-OH is 6. The molecule has 4 aliphatic heterocycles. The standard InChI is InChI=1S/C60H94N10O29/c1-24(18-63-33(53(61)85)14-16-40(79)80)64-56(88)26(3)91-47-35(66-28(5)75)23-90-37(20-72)48(47)97-60-44(69-31(8)78)52(93-32-12-10-9-11-13-32)50(39(22-74)96-60)99-59-43(68-30(7)77)51(92-27(4)57(89)65-25(2)55(87)70-34(54(62)86)15-17-41(81)82)49(38(21-73)95-59)98-58-42(67-29(6)76)46(84)45(83)36(19-71)94-58/h9-13,24-27,33-39,42-52,58-60,63,71-74,83-84H,14-23H2,1-8H3,(H2,61,85)(H2,62,86)(H,64,88)(H,65,89)(H,66,75)(H,67,76)(H,68,77)(H,69,78)(H,70,87)(H,79,80)(H,81,82)/t24-,25-,26?,27?,33+,34+,35-,36+,37+,38+,39+,42+,43+,44+,45+,46+,47+,48+,49+,50+,51+,52+,58-,59-,60-/m0/s1. The highest BCUT2D eigenvalue weighted by atomic mass is 16.8. The van der Waals surface area contributed by atoms with E-state index in [1.165, 1.54) is 39.8 Å². The molecule has 39 heteroatoms. The Morgan fingerprint density at radius 1 is 0.515 bits per heavy atom. The van der Waals surface area contributed by atoms with Crippen LogP contribution in [-0.4, -0.2) is 298 Å². The van der Waals surface area contributed by atoms with E-state index < -0.39 is 257 Å². The molecule has 4 heterocycles. The van der Waals surface area contributed by atoms with Gasteiger partial charge in [0.15, 0.2) is 25.0 Å². The lowest BCUT2D eigenvalue weighted by Gasteiger charge is -2.52. The lowest BCUT2D eigenvalue weighted by molar-refractivity contribution is -0.361. The smallest absolute Gasteiger partial charge is 0.303 e. The third-order valence-corrected chi connectivity index (χ3v) is 16.2. The maximum atomic E-state index is 14.2. The van der Waals surface area contributed by atoms with Gasteiger partial charge in [0.05, 0.1) is 45.1 Å². The first-order valence-corrected chi connectivity index (χ1v) is 31.8. The molecule has 558 valence electrons. The summed E-state index contributed by atoms with van der Waals surface area (Å²) in [4.78, 5) is 141. The van der Waals surface area contributed by atoms with E-state index in [2.05, 4.69) is 42.5 Å². The number of hydrogen-bond acceptors (Lipinski definition) is 28. The zero-order valence-corrected chi connectivity index (χ0v) is 55.7. The van der Waals surface area contributed by atoms with Crippen LogP contribution >= 0.6 is 0 Å². The van der Waals surface area contributed by atoms with Gasteiger partial charge < -0.3 is 142 Å². The van der Waals surface area contributed by atoms with E-state index in [1.54, 1.807) is 25.1 Å². The number of nitrogens with one attached hydrogen (secondary N) is 8. The van der Waals surface area contributed by atoms with E-state index in [0.29, 0.717) is 0 Å². The molecule has 1 aromatic carbocycles. The van der Waals surface area contributed by atoms with Gasteiger partial charge in [-0.25, -0.2) is 0 Å². The summed E-state index contributed by atoms with van der Waals surface area (Å²) in [6.07, 6.45) is -30.8. The second-order valence-corrected chi connectivity index (χ2v) is 24.2. The largest absolute Gasteiger partial charge is 0.485 e. The molecular weight excluding hydrogens is 1320 g/mol. The zero-order chi connectivity index (χ0) is 73.7. The monoisotopic (exact) mass is 1420 g/mol. The molecule has 25 atom stereocenters. The van der Waals surface area contributed by atoms with Crippen LogP contribution in [0, 0.1) is 0 Å². The number of carbonyl (C=O) groups excluding carboxylic acids is 9. The second kappa shape index (κ2) is 38.9. The summed E-state index contributed by atoms with van der Waals surface area (Å²) in [5.74, 6) is -10.2. The molecule has 0 aliphatic carbocycles. The van der Waals surface area contributed by atoms with Crippen molar-refractivity contribution < 1.29 is 141 Å². The summed E-state index contributed by atoms with van der Waals surface area (Å²) in [7, 11) is 0. The predicted molar refractivity (Wildman–Crippen MR) is 332 cm³/mol. The van der Waals surface area contributed by atoms with Crippen LogP contribution in [0.4, 0.5) is 0 Å². The summed E-state index contributed by atoms with van der Waals surface area (Å²) >= 11 is 0. The highest BCUT2D eigenvalue weighted by molar-refractivity contribution is 5.92. The van der Waals surface area contributed by atoms with Crippen molar-refractivity contribution in [3.05, 3.63) is 30.3 Å². The zero-order valence-electron chi connectivity index (χ0n) is 55.7. The Bertz CT molecular complexity index is 2890. The number of aliphatic carboxylic acids is 2. The fourth-order valence-electron chi connectivity index (χ4n) is 11.4. The Morgan fingerprint density at radius 2 is 0.949 bits per heavy atom. The van der Waals surface area contributed by atoms with Crippen LogP contribution in [0.5, 0.6) is 5.75 Å². The Labute approximate surface area is 567 Å². The molecule has 5 rings (SSSR count). The number of carbonyl (C=O) groups is 11. The van der Waals surface area contributed by atoms with E-state index in [0.717, 1.165) is 20.8 Å². The molecule has 0 radical (unpaired) electrons. The lowest BCUT2D eigenvalue weighted by Crippen LogP contribution is -2.72. The molecule has 0 bridgehead atoms. The lowest BCUT2D eigenvalue weighted by atomic mass is 9.92. The number of hydrogen-bond donors (Lipinski definition) is 18. The Hall–Kier alpha value is -7.45. The number of carboxylic acid groups (broad SMARTS) is 2. The Balaban J connectivity index is 1.60. The normalized spacial score (nSPS) is 31.0. The van der Waals surface area contributed by atoms with E-state index in [4.69, 9.17) is 63.9 Å². The average Bonchev–Trinajstić information content (AvgIpc) is 0.763. The maximum absolute atomic E-state index is 14.2. The maximum Gasteiger partial charge on any atom is 0.303 e. The number of para-hydroxylation sites is 1. The van der Waals surface area contributed by atoms with E-state index in [-0.39, 0.29) is 31.7 Å². The molecule has 1 aromatic rings. The van der Waals surface area contributed by atoms with E-state index in [9.17, 15) is 88.5 Å². The highest BCUT2D eigenvalue weighted by Gasteiger charge is 2.58. The molecule has 39 nitrogen and oxygen atoms in total. The van der Waals surface area contributed by atoms with Gasteiger partial charge in [0.25, 0.3) is 0 Å². The van der Waals surface area contributed by atoms with Gasteiger partial charge in [0.1, 0.15) is 115 Å². The minimum Gasteiger partial charge on any atom is -0.485 e. The van der Waals surface area contributed by atoms with Crippen LogP contribution in [0.25, 0.3) is 0 Å². The molecule has 4 fully saturated rings. The van der Waals surface area contributed by atoms with Gasteiger partial charge in [0, 0.05) is 53.1 Å². The van der Waals surface area contributed by atoms with Crippen molar-refractivity contribution in [1.29, 1.82) is 0 Å². The van der Waals surface area contributed by atoms with Gasteiger partial charge in [-0.1, -0.05) is 18.2 Å². The van der Waals surface area contributed by atoms with E-state index >= 15 is 0 Å². The van der Waals surface area contributed by atoms with Crippen LogP contribution < -0.4 is 58.7 Å². The summed E-state index contributed by atoms with van der Waals surface area (Å²) in [5.41, 5.74) is 10.9. The first-order valence-electron chi connectivity index (χ1n) is 31.8. The predicted octanol–water partition coefficient (Wildman–Crippen LogP) is -8.43. The minimum absolute atomic E-state index is 0.0687. The molecule has 9 amide bonds. The van der Waals surface area contributed by atoms with Crippen molar-refractivity contribution in [3.8, 4) is 5.75 Å². The highest BCUT2D eigenvalue weighted by Crippen LogP contribution is 2.37. The molecule has 0 aromatic heterocycles. The number of nitrogens with two attached hydrogens (primary N) is 2. The summed E-state index contributed by atoms with van der Waals surface area (Å²) in [6.45, 7) is 5.40. The third-order valence-electron chi connectivity index (χ3n) is 16.2. The number of primary amides is 2. The van der Waals surface area contributed by atoms with Gasteiger partial charge in [-0.3, -0.25) is 52.7 Å². The fraction of sp³-hybridized carbons (Fsp3) is 0.717. The molecule has 0 spiro atoms. The van der Waals surface area contributed by atoms with Crippen molar-refractivity contribution >= 4 is 65.1 Å². The van der Waals surface area contributed by atoms with Crippen LogP contribution in [-0.2, 0) is 95.4 Å². The van der Waals surface area contributed by atoms with Gasteiger partial charge in [-0.15, -0.1) is 0 Å². The minimum atomic E-state index is -2.00. The Morgan fingerprint density at radius 3 is 1.43 bits per heavy atom. The molecule has 99 heavy (non-hydrogen) atoms. The number of amides is 9. The topological polar surface area (TPSA) is 590 Å². The first kappa shape index (κ1) is 82.2. The van der Waals surface area contributed by atoms with Gasteiger partial charge in [-0.2, -0.15) is 0 Å². The average molecular weight is 1420 g/mol. The van der Waals surface area contributed by atoms with Crippen molar-refractivity contribution in [2.24, 2.45) is 11.5 Å². The number of rotatable bonds is 37. The molecule has 4 aliphatic rings. The third kappa shape index (κ3) is 23.8. The van der Waals surface area contributed by atoms with Crippen LogP contribution in [0.15, 0.2) is 30.3 Å². The Kier molecular flexibility index (Phi) is 32.3. The quantitative estimate of drug-likeness (QED) is 0.0294. The number of benzene rings is 1. The number of carboxylic acids is 2. The van der Waals surface area contributed by atoms with Crippen LogP contribution in [0.2, 0.25) is 0 Å². The molecule has 0 saturated carbocycles.